The second-order valence-electron chi connectivity index (χ2n) is 5.69. The Labute approximate surface area is 135 Å². The second-order valence-corrected chi connectivity index (χ2v) is 5.69. The molecule has 2 aromatic rings. The van der Waals surface area contributed by atoms with Crippen LogP contribution in [0.15, 0.2) is 24.3 Å². The summed E-state index contributed by atoms with van der Waals surface area (Å²) >= 11 is 0. The van der Waals surface area contributed by atoms with Gasteiger partial charge in [-0.2, -0.15) is 5.10 Å². The molecule has 0 radical (unpaired) electrons. The number of aromatic nitrogens is 2. The number of benzene rings is 1. The fraction of sp³-hybridized carbons (Fsp3) is 0.412. The highest BCUT2D eigenvalue weighted by Crippen LogP contribution is 2.14. The number of amides is 1. The SMILES string of the molecule is Cc1nn(C)c(C)c1C[C@H](C)NC(=O)COc1ccc(F)cc1. The van der Waals surface area contributed by atoms with Crippen LogP contribution in [0.3, 0.4) is 0 Å². The molecule has 1 N–H and O–H groups in total. The van der Waals surface area contributed by atoms with Gasteiger partial charge in [0.15, 0.2) is 6.61 Å². The second kappa shape index (κ2) is 7.26. The average molecular weight is 319 g/mol. The van der Waals surface area contributed by atoms with Crippen molar-refractivity contribution >= 4 is 5.91 Å². The van der Waals surface area contributed by atoms with Crippen LogP contribution in [0.5, 0.6) is 5.75 Å². The molecule has 23 heavy (non-hydrogen) atoms. The van der Waals surface area contributed by atoms with E-state index >= 15 is 0 Å². The van der Waals surface area contributed by atoms with Crippen LogP contribution >= 0.6 is 0 Å². The number of hydrogen-bond acceptors (Lipinski definition) is 3. The lowest BCUT2D eigenvalue weighted by Gasteiger charge is -2.14. The lowest BCUT2D eigenvalue weighted by atomic mass is 10.1. The number of hydrogen-bond donors (Lipinski definition) is 1. The van der Waals surface area contributed by atoms with Crippen LogP contribution in [0.25, 0.3) is 0 Å². The molecule has 0 saturated carbocycles. The first kappa shape index (κ1) is 17.0. The van der Waals surface area contributed by atoms with Crippen molar-refractivity contribution < 1.29 is 13.9 Å². The Kier molecular flexibility index (Phi) is 5.36. The summed E-state index contributed by atoms with van der Waals surface area (Å²) in [7, 11) is 1.91. The molecule has 6 heteroatoms. The van der Waals surface area contributed by atoms with E-state index in [1.807, 2.05) is 32.5 Å². The summed E-state index contributed by atoms with van der Waals surface area (Å²) in [5.74, 6) is -0.0770. The number of halogens is 1. The Balaban J connectivity index is 1.83. The van der Waals surface area contributed by atoms with Crippen LogP contribution in [-0.2, 0) is 18.3 Å². The zero-order valence-electron chi connectivity index (χ0n) is 13.9. The zero-order chi connectivity index (χ0) is 17.0. The highest BCUT2D eigenvalue weighted by molar-refractivity contribution is 5.77. The van der Waals surface area contributed by atoms with Gasteiger partial charge in [-0.3, -0.25) is 9.48 Å². The molecule has 0 unspecified atom stereocenters. The number of carbonyl (C=O) groups is 1. The van der Waals surface area contributed by atoms with Crippen molar-refractivity contribution in [1.82, 2.24) is 15.1 Å². The third-order valence-electron chi connectivity index (χ3n) is 3.76. The summed E-state index contributed by atoms with van der Waals surface area (Å²) in [5.41, 5.74) is 3.24. The predicted molar refractivity (Wildman–Crippen MR) is 85.9 cm³/mol. The number of carbonyl (C=O) groups excluding carboxylic acids is 1. The first-order valence-corrected chi connectivity index (χ1v) is 7.53. The third kappa shape index (κ3) is 4.55. The molecule has 1 heterocycles. The van der Waals surface area contributed by atoms with Crippen LogP contribution in [0.4, 0.5) is 4.39 Å². The molecule has 0 fully saturated rings. The van der Waals surface area contributed by atoms with Gasteiger partial charge in [-0.15, -0.1) is 0 Å². The van der Waals surface area contributed by atoms with Gasteiger partial charge in [0.2, 0.25) is 0 Å². The van der Waals surface area contributed by atoms with E-state index in [9.17, 15) is 9.18 Å². The van der Waals surface area contributed by atoms with Gasteiger partial charge in [0.05, 0.1) is 5.69 Å². The van der Waals surface area contributed by atoms with E-state index in [0.717, 1.165) is 17.0 Å². The van der Waals surface area contributed by atoms with Gasteiger partial charge in [-0.1, -0.05) is 0 Å². The Hall–Kier alpha value is -2.37. The Morgan fingerprint density at radius 2 is 2.00 bits per heavy atom. The largest absolute Gasteiger partial charge is 0.484 e. The van der Waals surface area contributed by atoms with Crippen molar-refractivity contribution in [1.29, 1.82) is 0 Å². The number of nitrogens with one attached hydrogen (secondary N) is 1. The minimum atomic E-state index is -0.336. The molecule has 0 aliphatic carbocycles. The normalized spacial score (nSPS) is 12.0. The molecule has 0 aliphatic heterocycles. The van der Waals surface area contributed by atoms with E-state index in [1.54, 1.807) is 0 Å². The van der Waals surface area contributed by atoms with E-state index in [2.05, 4.69) is 10.4 Å². The van der Waals surface area contributed by atoms with Crippen LogP contribution in [0, 0.1) is 19.7 Å². The monoisotopic (exact) mass is 319 g/mol. The van der Waals surface area contributed by atoms with Gasteiger partial charge < -0.3 is 10.1 Å². The van der Waals surface area contributed by atoms with Gasteiger partial charge >= 0.3 is 0 Å². The van der Waals surface area contributed by atoms with Gasteiger partial charge in [-0.25, -0.2) is 4.39 Å². The summed E-state index contributed by atoms with van der Waals surface area (Å²) in [4.78, 5) is 11.9. The molecule has 1 aromatic carbocycles. The summed E-state index contributed by atoms with van der Waals surface area (Å²) < 4.78 is 20.0. The van der Waals surface area contributed by atoms with Gasteiger partial charge in [-0.05, 0) is 57.0 Å². The van der Waals surface area contributed by atoms with E-state index in [1.165, 1.54) is 24.3 Å². The van der Waals surface area contributed by atoms with E-state index in [4.69, 9.17) is 4.74 Å². The summed E-state index contributed by atoms with van der Waals surface area (Å²) in [6.45, 7) is 5.83. The van der Waals surface area contributed by atoms with Crippen molar-refractivity contribution in [2.45, 2.75) is 33.2 Å². The fourth-order valence-electron chi connectivity index (χ4n) is 2.47. The Morgan fingerprint density at radius 1 is 1.35 bits per heavy atom. The molecule has 1 aromatic heterocycles. The number of ether oxygens (including phenoxy) is 1. The first-order chi connectivity index (χ1) is 10.9. The average Bonchev–Trinajstić information content (AvgIpc) is 2.73. The summed E-state index contributed by atoms with van der Waals surface area (Å²) in [6, 6.07) is 5.55. The minimum Gasteiger partial charge on any atom is -0.484 e. The highest BCUT2D eigenvalue weighted by Gasteiger charge is 2.15. The number of nitrogens with zero attached hydrogens (tertiary/aromatic N) is 2. The molecule has 1 atom stereocenters. The maximum Gasteiger partial charge on any atom is 0.258 e. The standard InChI is InChI=1S/C17H22FN3O2/c1-11(9-16-12(2)20-21(4)13(16)3)19-17(22)10-23-15-7-5-14(18)6-8-15/h5-8,11H,9-10H2,1-4H3,(H,19,22)/t11-/m0/s1. The maximum absolute atomic E-state index is 12.8. The van der Waals surface area contributed by atoms with E-state index < -0.39 is 0 Å². The molecule has 0 saturated heterocycles. The van der Waals surface area contributed by atoms with Gasteiger partial charge in [0.25, 0.3) is 5.91 Å². The molecular formula is C17H22FN3O2. The van der Waals surface area contributed by atoms with Crippen molar-refractivity contribution in [3.8, 4) is 5.75 Å². The quantitative estimate of drug-likeness (QED) is 0.889. The number of rotatable bonds is 6. The molecule has 0 aliphatic rings. The van der Waals surface area contributed by atoms with Crippen LogP contribution in [-0.4, -0.2) is 28.3 Å². The molecule has 0 bridgehead atoms. The van der Waals surface area contributed by atoms with Crippen molar-refractivity contribution in [2.75, 3.05) is 6.61 Å². The lowest BCUT2D eigenvalue weighted by Crippen LogP contribution is -2.37. The zero-order valence-corrected chi connectivity index (χ0v) is 13.9. The number of aryl methyl sites for hydroxylation is 2. The summed E-state index contributed by atoms with van der Waals surface area (Å²) in [6.07, 6.45) is 0.716. The molecule has 1 amide bonds. The van der Waals surface area contributed by atoms with Crippen LogP contribution in [0.2, 0.25) is 0 Å². The fourth-order valence-corrected chi connectivity index (χ4v) is 2.47. The van der Waals surface area contributed by atoms with Crippen LogP contribution in [0.1, 0.15) is 23.9 Å². The highest BCUT2D eigenvalue weighted by atomic mass is 19.1. The van der Waals surface area contributed by atoms with E-state index in [0.29, 0.717) is 12.2 Å². The molecule has 2 rings (SSSR count). The smallest absolute Gasteiger partial charge is 0.258 e. The Bertz CT molecular complexity index is 680. The van der Waals surface area contributed by atoms with E-state index in [-0.39, 0.29) is 24.4 Å². The minimum absolute atomic E-state index is 0.0269. The Morgan fingerprint density at radius 3 is 2.57 bits per heavy atom. The topological polar surface area (TPSA) is 56.2 Å². The molecular weight excluding hydrogens is 297 g/mol. The third-order valence-corrected chi connectivity index (χ3v) is 3.76. The summed E-state index contributed by atoms with van der Waals surface area (Å²) in [5, 5.41) is 7.27. The molecule has 0 spiro atoms. The van der Waals surface area contributed by atoms with Gasteiger partial charge in [0.1, 0.15) is 11.6 Å². The van der Waals surface area contributed by atoms with Crippen molar-refractivity contribution in [3.05, 3.63) is 47.0 Å². The lowest BCUT2D eigenvalue weighted by molar-refractivity contribution is -0.123. The molecule has 124 valence electrons. The van der Waals surface area contributed by atoms with Gasteiger partial charge in [0, 0.05) is 18.8 Å². The van der Waals surface area contributed by atoms with Crippen molar-refractivity contribution in [2.24, 2.45) is 7.05 Å². The van der Waals surface area contributed by atoms with Crippen molar-refractivity contribution in [3.63, 3.8) is 0 Å². The first-order valence-electron chi connectivity index (χ1n) is 7.53. The predicted octanol–water partition coefficient (Wildman–Crippen LogP) is 2.30. The maximum atomic E-state index is 12.8. The van der Waals surface area contributed by atoms with Crippen LogP contribution < -0.4 is 10.1 Å². The molecule has 5 nitrogen and oxygen atoms in total.